The Kier molecular flexibility index (Phi) is 6.85. The molecule has 1 N–H and O–H groups in total. The zero-order valence-corrected chi connectivity index (χ0v) is 14.5. The molecule has 0 fully saturated rings. The number of allylic oxidation sites excluding steroid dienone is 1. The van der Waals surface area contributed by atoms with E-state index < -0.39 is 5.91 Å². The van der Waals surface area contributed by atoms with Crippen molar-refractivity contribution in [2.75, 3.05) is 6.61 Å². The van der Waals surface area contributed by atoms with Crippen molar-refractivity contribution in [3.05, 3.63) is 69.7 Å². The maximum atomic E-state index is 11.7. The van der Waals surface area contributed by atoms with Gasteiger partial charge in [0.25, 0.3) is 5.91 Å². The molecule has 24 heavy (non-hydrogen) atoms. The van der Waals surface area contributed by atoms with Crippen molar-refractivity contribution in [1.82, 2.24) is 5.43 Å². The molecule has 0 bridgehead atoms. The number of ether oxygens (including phenoxy) is 1. The normalized spacial score (nSPS) is 11.5. The van der Waals surface area contributed by atoms with Crippen LogP contribution in [0.2, 0.25) is 10.0 Å². The number of nitrogens with one attached hydrogen (secondary N) is 1. The van der Waals surface area contributed by atoms with Crippen LogP contribution in [0.15, 0.2) is 59.2 Å². The first-order valence-corrected chi connectivity index (χ1v) is 7.94. The van der Waals surface area contributed by atoms with E-state index in [1.165, 1.54) is 0 Å². The molecule has 0 unspecified atom stereocenters. The zero-order chi connectivity index (χ0) is 17.4. The van der Waals surface area contributed by atoms with Gasteiger partial charge in [0.05, 0.1) is 11.2 Å². The van der Waals surface area contributed by atoms with Crippen molar-refractivity contribution >= 4 is 41.4 Å². The van der Waals surface area contributed by atoms with Gasteiger partial charge in [-0.15, -0.1) is 0 Å². The molecule has 1 amide bonds. The van der Waals surface area contributed by atoms with E-state index in [4.69, 9.17) is 27.9 Å². The summed E-state index contributed by atoms with van der Waals surface area (Å²) < 4.78 is 5.32. The van der Waals surface area contributed by atoms with Crippen LogP contribution in [-0.2, 0) is 4.79 Å². The Bertz CT molecular complexity index is 759. The lowest BCUT2D eigenvalue weighted by Gasteiger charge is -2.07. The molecule has 2 aromatic carbocycles. The first-order chi connectivity index (χ1) is 11.6. The zero-order valence-electron chi connectivity index (χ0n) is 13.0. The molecule has 0 aliphatic heterocycles. The van der Waals surface area contributed by atoms with Crippen LogP contribution in [-0.4, -0.2) is 18.7 Å². The van der Waals surface area contributed by atoms with Crippen molar-refractivity contribution < 1.29 is 9.53 Å². The highest BCUT2D eigenvalue weighted by molar-refractivity contribution is 6.42. The van der Waals surface area contributed by atoms with Crippen molar-refractivity contribution in [1.29, 1.82) is 0 Å². The fourth-order valence-electron chi connectivity index (χ4n) is 1.83. The summed E-state index contributed by atoms with van der Waals surface area (Å²) >= 11 is 11.8. The second-order valence-electron chi connectivity index (χ2n) is 4.93. The van der Waals surface area contributed by atoms with Crippen LogP contribution in [0.1, 0.15) is 12.5 Å². The van der Waals surface area contributed by atoms with Gasteiger partial charge >= 0.3 is 0 Å². The highest BCUT2D eigenvalue weighted by atomic mass is 35.5. The minimum Gasteiger partial charge on any atom is -0.482 e. The van der Waals surface area contributed by atoms with E-state index in [1.54, 1.807) is 24.4 Å². The monoisotopic (exact) mass is 362 g/mol. The Hall–Kier alpha value is -2.30. The van der Waals surface area contributed by atoms with Crippen LogP contribution in [0, 0.1) is 0 Å². The maximum absolute atomic E-state index is 11.7. The van der Waals surface area contributed by atoms with E-state index in [0.29, 0.717) is 10.8 Å². The average Bonchev–Trinajstić information content (AvgIpc) is 2.57. The second-order valence-corrected chi connectivity index (χ2v) is 5.72. The Balaban J connectivity index is 1.82. The fraction of sp³-hybridized carbons (Fsp3) is 0.111. The number of hydrazone groups is 1. The molecule has 2 rings (SSSR count). The molecule has 0 radical (unpaired) electrons. The largest absolute Gasteiger partial charge is 0.482 e. The summed E-state index contributed by atoms with van der Waals surface area (Å²) in [6.45, 7) is 1.68. The topological polar surface area (TPSA) is 50.7 Å². The molecule has 4 nitrogen and oxygen atoms in total. The third-order valence-electron chi connectivity index (χ3n) is 2.93. The number of nitrogens with zero attached hydrogens (tertiary/aromatic N) is 1. The van der Waals surface area contributed by atoms with Gasteiger partial charge in [-0.05, 0) is 30.2 Å². The van der Waals surface area contributed by atoms with Crippen LogP contribution < -0.4 is 10.2 Å². The van der Waals surface area contributed by atoms with Crippen LogP contribution >= 0.6 is 23.2 Å². The number of amides is 1. The third kappa shape index (κ3) is 5.72. The lowest BCUT2D eigenvalue weighted by Crippen LogP contribution is -2.24. The summed E-state index contributed by atoms with van der Waals surface area (Å²) in [6, 6.07) is 14.8. The van der Waals surface area contributed by atoms with Gasteiger partial charge in [0, 0.05) is 0 Å². The summed E-state index contributed by atoms with van der Waals surface area (Å²) in [5.74, 6) is -0.0433. The maximum Gasteiger partial charge on any atom is 0.277 e. The Morgan fingerprint density at radius 1 is 1.17 bits per heavy atom. The lowest BCUT2D eigenvalue weighted by atomic mass is 10.1. The molecule has 2 aromatic rings. The second kappa shape index (κ2) is 9.11. The molecule has 0 spiro atoms. The van der Waals surface area contributed by atoms with Gasteiger partial charge in [-0.25, -0.2) is 5.43 Å². The Labute approximate surface area is 150 Å². The summed E-state index contributed by atoms with van der Waals surface area (Å²) in [6.07, 6.45) is 3.52. The first-order valence-electron chi connectivity index (χ1n) is 7.18. The lowest BCUT2D eigenvalue weighted by molar-refractivity contribution is -0.123. The van der Waals surface area contributed by atoms with E-state index >= 15 is 0 Å². The number of benzene rings is 2. The van der Waals surface area contributed by atoms with Gasteiger partial charge < -0.3 is 4.74 Å². The average molecular weight is 363 g/mol. The minimum atomic E-state index is -0.394. The molecule has 0 heterocycles. The highest BCUT2D eigenvalue weighted by Gasteiger charge is 2.07. The molecule has 0 aliphatic carbocycles. The van der Waals surface area contributed by atoms with Crippen molar-refractivity contribution in [2.24, 2.45) is 5.10 Å². The molecule has 0 aromatic heterocycles. The van der Waals surface area contributed by atoms with Gasteiger partial charge in [0.2, 0.25) is 0 Å². The van der Waals surface area contributed by atoms with E-state index in [-0.39, 0.29) is 11.6 Å². The molecule has 0 saturated heterocycles. The number of halogens is 2. The summed E-state index contributed by atoms with van der Waals surface area (Å²) in [5, 5.41) is 4.53. The van der Waals surface area contributed by atoms with E-state index in [9.17, 15) is 4.79 Å². The van der Waals surface area contributed by atoms with Crippen molar-refractivity contribution in [3.63, 3.8) is 0 Å². The summed E-state index contributed by atoms with van der Waals surface area (Å²) in [7, 11) is 0. The predicted octanol–water partition coefficient (Wildman–Crippen LogP) is 4.58. The number of carbonyl (C=O) groups excluding carboxylic acids is 1. The Morgan fingerprint density at radius 3 is 2.67 bits per heavy atom. The summed E-state index contributed by atoms with van der Waals surface area (Å²) in [5.41, 5.74) is 4.36. The number of hydrogen-bond acceptors (Lipinski definition) is 3. The molecule has 0 aliphatic rings. The Morgan fingerprint density at radius 2 is 1.92 bits per heavy atom. The smallest absolute Gasteiger partial charge is 0.277 e. The van der Waals surface area contributed by atoms with Crippen molar-refractivity contribution in [2.45, 2.75) is 6.92 Å². The van der Waals surface area contributed by atoms with E-state index in [1.807, 2.05) is 43.3 Å². The molecule has 0 saturated carbocycles. The van der Waals surface area contributed by atoms with Gasteiger partial charge in [0.1, 0.15) is 10.8 Å². The molecule has 0 atom stereocenters. The number of hydrogen-bond donors (Lipinski definition) is 1. The quantitative estimate of drug-likeness (QED) is 0.603. The van der Waals surface area contributed by atoms with Crippen LogP contribution in [0.25, 0.3) is 6.08 Å². The summed E-state index contributed by atoms with van der Waals surface area (Å²) in [4.78, 5) is 11.7. The molecule has 124 valence electrons. The standard InChI is InChI=1S/C18H16Cl2N2O2/c1-13(10-14-6-3-2-4-7-14)11-21-22-17(23)12-24-16-9-5-8-15(19)18(16)20/h2-11H,12H2,1H3,(H,22,23). The van der Waals surface area contributed by atoms with Crippen LogP contribution in [0.5, 0.6) is 5.75 Å². The van der Waals surface area contributed by atoms with E-state index in [0.717, 1.165) is 11.1 Å². The minimum absolute atomic E-state index is 0.209. The molecular formula is C18H16Cl2N2O2. The van der Waals surface area contributed by atoms with Crippen LogP contribution in [0.4, 0.5) is 0 Å². The number of rotatable bonds is 6. The van der Waals surface area contributed by atoms with Gasteiger partial charge in [-0.2, -0.15) is 5.10 Å². The van der Waals surface area contributed by atoms with Gasteiger partial charge in [-0.1, -0.05) is 65.7 Å². The highest BCUT2D eigenvalue weighted by Crippen LogP contribution is 2.31. The van der Waals surface area contributed by atoms with Crippen molar-refractivity contribution in [3.8, 4) is 5.75 Å². The third-order valence-corrected chi connectivity index (χ3v) is 3.73. The first kappa shape index (κ1) is 18.0. The SMILES string of the molecule is CC(C=NNC(=O)COc1cccc(Cl)c1Cl)=Cc1ccccc1. The van der Waals surface area contributed by atoms with Gasteiger partial charge in [-0.3, -0.25) is 4.79 Å². The van der Waals surface area contributed by atoms with Crippen LogP contribution in [0.3, 0.4) is 0 Å². The van der Waals surface area contributed by atoms with Gasteiger partial charge in [0.15, 0.2) is 6.61 Å². The molecule has 6 heteroatoms. The predicted molar refractivity (Wildman–Crippen MR) is 98.7 cm³/mol. The van der Waals surface area contributed by atoms with E-state index in [2.05, 4.69) is 10.5 Å². The number of carbonyl (C=O) groups is 1. The molecular weight excluding hydrogens is 347 g/mol. The fourth-order valence-corrected chi connectivity index (χ4v) is 2.17.